The Balaban J connectivity index is 2.76. The lowest BCUT2D eigenvalue weighted by molar-refractivity contribution is -0.117. The van der Waals surface area contributed by atoms with E-state index in [1.165, 1.54) is 6.07 Å². The zero-order valence-corrected chi connectivity index (χ0v) is 8.57. The minimum atomic E-state index is -0.485. The maximum atomic E-state index is 13.0. The molecule has 1 aromatic carbocycles. The van der Waals surface area contributed by atoms with Crippen molar-refractivity contribution in [1.29, 1.82) is 0 Å². The van der Waals surface area contributed by atoms with Gasteiger partial charge >= 0.3 is 0 Å². The lowest BCUT2D eigenvalue weighted by Gasteiger charge is -2.03. The van der Waals surface area contributed by atoms with Crippen LogP contribution in [0.1, 0.15) is 5.56 Å². The van der Waals surface area contributed by atoms with Gasteiger partial charge in [0.2, 0.25) is 0 Å². The summed E-state index contributed by atoms with van der Waals surface area (Å²) < 4.78 is 13.0. The fraction of sp³-hybridized carbons (Fsp3) is 0.300. The molecule has 0 aliphatic heterocycles. The molecule has 4 heteroatoms. The summed E-state index contributed by atoms with van der Waals surface area (Å²) in [6.07, 6.45) is 0.164. The SMILES string of the molecule is CNCC(=O)Cc1cccc(F)c1Cl. The van der Waals surface area contributed by atoms with E-state index in [0.717, 1.165) is 0 Å². The molecule has 1 rings (SSSR count). The second-order valence-corrected chi connectivity index (χ2v) is 3.34. The van der Waals surface area contributed by atoms with Crippen LogP contribution in [-0.2, 0) is 11.2 Å². The summed E-state index contributed by atoms with van der Waals surface area (Å²) in [5, 5.41) is 2.77. The number of hydrogen-bond acceptors (Lipinski definition) is 2. The summed E-state index contributed by atoms with van der Waals surface area (Å²) >= 11 is 5.69. The monoisotopic (exact) mass is 215 g/mol. The van der Waals surface area contributed by atoms with Crippen molar-refractivity contribution in [1.82, 2.24) is 5.32 Å². The van der Waals surface area contributed by atoms with Crippen molar-refractivity contribution in [2.45, 2.75) is 6.42 Å². The highest BCUT2D eigenvalue weighted by Crippen LogP contribution is 2.19. The first kappa shape index (κ1) is 11.1. The minimum absolute atomic E-state index is 0.0139. The van der Waals surface area contributed by atoms with Crippen molar-refractivity contribution in [2.75, 3.05) is 13.6 Å². The van der Waals surface area contributed by atoms with E-state index in [1.807, 2.05) is 0 Å². The molecule has 0 aromatic heterocycles. The molecule has 0 spiro atoms. The van der Waals surface area contributed by atoms with E-state index in [4.69, 9.17) is 11.6 Å². The van der Waals surface area contributed by atoms with E-state index in [2.05, 4.69) is 5.32 Å². The number of Topliss-reactive ketones (excluding diaryl/α,β-unsaturated/α-hetero) is 1. The summed E-state index contributed by atoms with van der Waals surface area (Å²) in [6, 6.07) is 4.47. The minimum Gasteiger partial charge on any atom is -0.313 e. The van der Waals surface area contributed by atoms with Gasteiger partial charge < -0.3 is 5.32 Å². The number of hydrogen-bond donors (Lipinski definition) is 1. The number of halogens is 2. The van der Waals surface area contributed by atoms with Crippen LogP contribution in [0, 0.1) is 5.82 Å². The molecule has 0 fully saturated rings. The van der Waals surface area contributed by atoms with Gasteiger partial charge in [0, 0.05) is 6.42 Å². The molecule has 0 bridgehead atoms. The predicted molar refractivity (Wildman–Crippen MR) is 54.0 cm³/mol. The van der Waals surface area contributed by atoms with Gasteiger partial charge in [0.15, 0.2) is 5.78 Å². The number of rotatable bonds is 4. The van der Waals surface area contributed by atoms with E-state index < -0.39 is 5.82 Å². The lowest BCUT2D eigenvalue weighted by Crippen LogP contribution is -2.20. The van der Waals surface area contributed by atoms with Crippen LogP contribution >= 0.6 is 11.6 Å². The molecule has 0 saturated heterocycles. The molecule has 76 valence electrons. The molecular formula is C10H11ClFNO. The number of ketones is 1. The lowest BCUT2D eigenvalue weighted by atomic mass is 10.1. The van der Waals surface area contributed by atoms with Gasteiger partial charge in [-0.2, -0.15) is 0 Å². The smallest absolute Gasteiger partial charge is 0.151 e. The van der Waals surface area contributed by atoms with Gasteiger partial charge in [0.05, 0.1) is 11.6 Å². The normalized spacial score (nSPS) is 10.2. The second-order valence-electron chi connectivity index (χ2n) is 2.96. The quantitative estimate of drug-likeness (QED) is 0.830. The van der Waals surface area contributed by atoms with E-state index in [-0.39, 0.29) is 23.8 Å². The highest BCUT2D eigenvalue weighted by atomic mass is 35.5. The number of carbonyl (C=O) groups is 1. The van der Waals surface area contributed by atoms with Crippen molar-refractivity contribution in [3.05, 3.63) is 34.6 Å². The number of carbonyl (C=O) groups excluding carboxylic acids is 1. The van der Waals surface area contributed by atoms with Crippen LogP contribution in [0.5, 0.6) is 0 Å². The highest BCUT2D eigenvalue weighted by Gasteiger charge is 2.09. The molecule has 0 radical (unpaired) electrons. The summed E-state index contributed by atoms with van der Waals surface area (Å²) in [6.45, 7) is 0.271. The average Bonchev–Trinajstić information content (AvgIpc) is 2.13. The first-order valence-electron chi connectivity index (χ1n) is 4.24. The first-order valence-corrected chi connectivity index (χ1v) is 4.62. The standard InChI is InChI=1S/C10H11ClFNO/c1-13-6-8(14)5-7-3-2-4-9(12)10(7)11/h2-4,13H,5-6H2,1H3. The molecule has 1 N–H and O–H groups in total. The summed E-state index contributed by atoms with van der Waals surface area (Å²) in [5.74, 6) is -0.499. The van der Waals surface area contributed by atoms with Crippen LogP contribution in [0.25, 0.3) is 0 Å². The summed E-state index contributed by atoms with van der Waals surface area (Å²) in [5.41, 5.74) is 0.534. The van der Waals surface area contributed by atoms with Crippen molar-refractivity contribution < 1.29 is 9.18 Å². The van der Waals surface area contributed by atoms with Crippen molar-refractivity contribution in [3.63, 3.8) is 0 Å². The van der Waals surface area contributed by atoms with Gasteiger partial charge in [0.25, 0.3) is 0 Å². The van der Waals surface area contributed by atoms with Gasteiger partial charge in [-0.3, -0.25) is 4.79 Å². The van der Waals surface area contributed by atoms with Gasteiger partial charge in [-0.1, -0.05) is 23.7 Å². The van der Waals surface area contributed by atoms with Gasteiger partial charge in [0.1, 0.15) is 5.82 Å². The fourth-order valence-electron chi connectivity index (χ4n) is 1.16. The Morgan fingerprint density at radius 3 is 2.93 bits per heavy atom. The van der Waals surface area contributed by atoms with Crippen LogP contribution in [-0.4, -0.2) is 19.4 Å². The molecule has 0 aliphatic carbocycles. The van der Waals surface area contributed by atoms with Crippen molar-refractivity contribution in [2.24, 2.45) is 0 Å². The zero-order valence-electron chi connectivity index (χ0n) is 7.81. The van der Waals surface area contributed by atoms with Gasteiger partial charge in [-0.25, -0.2) is 4.39 Å². The Bertz CT molecular complexity index is 341. The molecular weight excluding hydrogens is 205 g/mol. The van der Waals surface area contributed by atoms with Crippen LogP contribution in [0.4, 0.5) is 4.39 Å². The van der Waals surface area contributed by atoms with Crippen LogP contribution < -0.4 is 5.32 Å². The predicted octanol–water partition coefficient (Wildman–Crippen LogP) is 1.81. The molecule has 1 aromatic rings. The zero-order chi connectivity index (χ0) is 10.6. The van der Waals surface area contributed by atoms with Crippen LogP contribution in [0.3, 0.4) is 0 Å². The molecule has 2 nitrogen and oxygen atoms in total. The fourth-order valence-corrected chi connectivity index (χ4v) is 1.35. The molecule has 0 unspecified atom stereocenters. The van der Waals surface area contributed by atoms with Crippen molar-refractivity contribution >= 4 is 17.4 Å². The van der Waals surface area contributed by atoms with Crippen molar-refractivity contribution in [3.8, 4) is 0 Å². The number of nitrogens with one attached hydrogen (secondary N) is 1. The Hall–Kier alpha value is -0.930. The third-order valence-corrected chi connectivity index (χ3v) is 2.22. The van der Waals surface area contributed by atoms with E-state index in [0.29, 0.717) is 5.56 Å². The number of likely N-dealkylation sites (N-methyl/N-ethyl adjacent to an activating group) is 1. The average molecular weight is 216 g/mol. The van der Waals surface area contributed by atoms with E-state index in [1.54, 1.807) is 19.2 Å². The van der Waals surface area contributed by atoms with Crippen LogP contribution in [0.15, 0.2) is 18.2 Å². The van der Waals surface area contributed by atoms with Crippen LogP contribution in [0.2, 0.25) is 5.02 Å². The Labute approximate surface area is 87.1 Å². The number of benzene rings is 1. The highest BCUT2D eigenvalue weighted by molar-refractivity contribution is 6.31. The van der Waals surface area contributed by atoms with E-state index in [9.17, 15) is 9.18 Å². The molecule has 0 amide bonds. The first-order chi connectivity index (χ1) is 6.65. The Kier molecular flexibility index (Phi) is 4.04. The third kappa shape index (κ3) is 2.79. The van der Waals surface area contributed by atoms with Gasteiger partial charge in [-0.05, 0) is 18.7 Å². The molecule has 0 heterocycles. The topological polar surface area (TPSA) is 29.1 Å². The Morgan fingerprint density at radius 1 is 1.57 bits per heavy atom. The van der Waals surface area contributed by atoms with Gasteiger partial charge in [-0.15, -0.1) is 0 Å². The molecule has 0 atom stereocenters. The second kappa shape index (κ2) is 5.08. The molecule has 0 saturated carbocycles. The molecule has 0 aliphatic rings. The maximum absolute atomic E-state index is 13.0. The molecule has 14 heavy (non-hydrogen) atoms. The largest absolute Gasteiger partial charge is 0.313 e. The van der Waals surface area contributed by atoms with E-state index >= 15 is 0 Å². The Morgan fingerprint density at radius 2 is 2.29 bits per heavy atom. The third-order valence-electron chi connectivity index (χ3n) is 1.79. The maximum Gasteiger partial charge on any atom is 0.151 e. The summed E-state index contributed by atoms with van der Waals surface area (Å²) in [7, 11) is 1.69. The summed E-state index contributed by atoms with van der Waals surface area (Å²) in [4.78, 5) is 11.2.